The molecule has 0 radical (unpaired) electrons. The van der Waals surface area contributed by atoms with Gasteiger partial charge in [0, 0.05) is 41.7 Å². The second kappa shape index (κ2) is 6.90. The minimum Gasteiger partial charge on any atom is -0.755 e. The van der Waals surface area contributed by atoms with Gasteiger partial charge in [-0.2, -0.15) is 0 Å². The van der Waals surface area contributed by atoms with Gasteiger partial charge in [-0.15, -0.1) is 0 Å². The number of benzene rings is 1. The van der Waals surface area contributed by atoms with Gasteiger partial charge in [-0.05, 0) is 59.7 Å². The molecule has 0 aliphatic carbocycles. The average Bonchev–Trinajstić information content (AvgIpc) is 3.07. The molecule has 8 heteroatoms. The summed E-state index contributed by atoms with van der Waals surface area (Å²) < 4.78 is 36.8. The fraction of sp³-hybridized carbons (Fsp3) is 0.0526. The first-order valence-electron chi connectivity index (χ1n) is 8.07. The van der Waals surface area contributed by atoms with Crippen molar-refractivity contribution in [1.29, 1.82) is 0 Å². The van der Waals surface area contributed by atoms with Crippen LogP contribution in [0.5, 0.6) is 0 Å². The van der Waals surface area contributed by atoms with Gasteiger partial charge in [-0.25, -0.2) is 9.37 Å². The van der Waals surface area contributed by atoms with Crippen LogP contribution in [0.3, 0.4) is 0 Å². The number of aromatic nitrogens is 3. The topological polar surface area (TPSA) is 84.9 Å². The van der Waals surface area contributed by atoms with Crippen LogP contribution < -0.4 is 4.31 Å². The molecule has 0 aliphatic heterocycles. The Kier molecular flexibility index (Phi) is 4.43. The number of nitrogens with one attached hydrogen (secondary N) is 1. The summed E-state index contributed by atoms with van der Waals surface area (Å²) >= 11 is -2.42. The maximum absolute atomic E-state index is 13.4. The lowest BCUT2D eigenvalue weighted by Crippen LogP contribution is -2.20. The number of nitrogens with zero attached hydrogens (tertiary/aromatic N) is 3. The van der Waals surface area contributed by atoms with Gasteiger partial charge >= 0.3 is 0 Å². The monoisotopic (exact) mass is 381 g/mol. The molecule has 4 aromatic rings. The molecule has 3 heterocycles. The summed E-state index contributed by atoms with van der Waals surface area (Å²) in [5.74, 6) is -0.0238. The smallest absolute Gasteiger partial charge is 0.141 e. The van der Waals surface area contributed by atoms with Gasteiger partial charge in [0.2, 0.25) is 0 Å². The van der Waals surface area contributed by atoms with Crippen molar-refractivity contribution in [2.75, 3.05) is 11.4 Å². The van der Waals surface area contributed by atoms with Crippen LogP contribution in [-0.4, -0.2) is 30.8 Å². The van der Waals surface area contributed by atoms with Crippen molar-refractivity contribution >= 4 is 28.1 Å². The lowest BCUT2D eigenvalue weighted by molar-refractivity contribution is 0.535. The Morgan fingerprint density at radius 3 is 2.41 bits per heavy atom. The Balaban J connectivity index is 1.97. The van der Waals surface area contributed by atoms with Gasteiger partial charge in [0.25, 0.3) is 0 Å². The number of H-pyrrole nitrogens is 1. The lowest BCUT2D eigenvalue weighted by atomic mass is 10.00. The van der Waals surface area contributed by atoms with E-state index in [1.54, 1.807) is 30.6 Å². The quantitative estimate of drug-likeness (QED) is 0.547. The number of hydrogen-bond donors (Lipinski definition) is 1. The summed E-state index contributed by atoms with van der Waals surface area (Å²) in [6.07, 6.45) is 3.39. The Labute approximate surface area is 157 Å². The second-order valence-electron chi connectivity index (χ2n) is 5.90. The Bertz CT molecular complexity index is 1130. The summed E-state index contributed by atoms with van der Waals surface area (Å²) in [5, 5.41) is 0.828. The predicted molar refractivity (Wildman–Crippen MR) is 102 cm³/mol. The molecule has 3 aromatic heterocycles. The van der Waals surface area contributed by atoms with E-state index in [1.807, 2.05) is 18.2 Å². The third kappa shape index (κ3) is 3.20. The fourth-order valence-corrected chi connectivity index (χ4v) is 3.22. The van der Waals surface area contributed by atoms with Crippen molar-refractivity contribution < 1.29 is 13.2 Å². The van der Waals surface area contributed by atoms with Crippen LogP contribution in [0.1, 0.15) is 0 Å². The zero-order valence-electron chi connectivity index (χ0n) is 14.2. The normalized spacial score (nSPS) is 12.3. The Morgan fingerprint density at radius 1 is 1.04 bits per heavy atom. The van der Waals surface area contributed by atoms with E-state index >= 15 is 0 Å². The molecule has 0 spiro atoms. The first-order valence-corrected chi connectivity index (χ1v) is 9.10. The molecule has 136 valence electrons. The van der Waals surface area contributed by atoms with Crippen LogP contribution in [-0.2, 0) is 11.3 Å². The van der Waals surface area contributed by atoms with Crippen molar-refractivity contribution in [3.63, 3.8) is 0 Å². The van der Waals surface area contributed by atoms with Crippen LogP contribution in [0.15, 0.2) is 60.9 Å². The van der Waals surface area contributed by atoms with Crippen LogP contribution in [0.4, 0.5) is 10.2 Å². The molecule has 1 aromatic carbocycles. The molecule has 0 fully saturated rings. The van der Waals surface area contributed by atoms with Gasteiger partial charge in [-0.1, -0.05) is 0 Å². The summed E-state index contributed by atoms with van der Waals surface area (Å²) in [7, 11) is 1.42. The summed E-state index contributed by atoms with van der Waals surface area (Å²) in [4.78, 5) is 11.7. The van der Waals surface area contributed by atoms with Crippen LogP contribution in [0.25, 0.3) is 33.4 Å². The van der Waals surface area contributed by atoms with Crippen molar-refractivity contribution in [3.8, 4) is 22.4 Å². The number of halogens is 1. The van der Waals surface area contributed by atoms with Gasteiger partial charge in [0.15, 0.2) is 0 Å². The molecule has 1 unspecified atom stereocenters. The maximum atomic E-state index is 13.4. The molecule has 6 nitrogen and oxygen atoms in total. The average molecular weight is 381 g/mol. The van der Waals surface area contributed by atoms with Crippen molar-refractivity contribution in [3.05, 3.63) is 66.7 Å². The van der Waals surface area contributed by atoms with Crippen molar-refractivity contribution in [1.82, 2.24) is 15.0 Å². The molecule has 0 saturated heterocycles. The summed E-state index contributed by atoms with van der Waals surface area (Å²) in [6, 6.07) is 13.4. The van der Waals surface area contributed by atoms with Gasteiger partial charge in [0.05, 0.1) is 5.69 Å². The van der Waals surface area contributed by atoms with E-state index in [9.17, 15) is 13.2 Å². The highest BCUT2D eigenvalue weighted by molar-refractivity contribution is 7.80. The lowest BCUT2D eigenvalue weighted by Gasteiger charge is -2.19. The minimum atomic E-state index is -2.42. The van der Waals surface area contributed by atoms with E-state index < -0.39 is 11.3 Å². The number of rotatable bonds is 4. The van der Waals surface area contributed by atoms with E-state index in [0.717, 1.165) is 32.1 Å². The van der Waals surface area contributed by atoms with E-state index in [-0.39, 0.29) is 5.82 Å². The van der Waals surface area contributed by atoms with Crippen molar-refractivity contribution in [2.24, 2.45) is 0 Å². The van der Waals surface area contributed by atoms with Crippen LogP contribution in [0.2, 0.25) is 0 Å². The van der Waals surface area contributed by atoms with E-state index in [1.165, 1.54) is 19.2 Å². The third-order valence-corrected chi connectivity index (χ3v) is 4.93. The zero-order valence-corrected chi connectivity index (χ0v) is 15.0. The minimum absolute atomic E-state index is 0.295. The first-order chi connectivity index (χ1) is 13.0. The molecule has 0 saturated carbocycles. The number of fused-ring (bicyclic) bond motifs is 1. The molecule has 4 rings (SSSR count). The standard InChI is InChI=1S/C19H15FN4O2S/c1-24(27(25)26)16-7-6-15-17(12-8-10-21-11-9-12)18(23-19(15)22-16)13-2-4-14(20)5-3-13/h2-11H,1H3,(H,22,23)(H,25,26)/p-1. The van der Waals surface area contributed by atoms with Crippen LogP contribution >= 0.6 is 0 Å². The van der Waals surface area contributed by atoms with Gasteiger partial charge in [0.1, 0.15) is 17.3 Å². The second-order valence-corrected chi connectivity index (χ2v) is 6.88. The SMILES string of the molecule is CN(c1ccc2c(-c3ccncc3)c(-c3ccc(F)cc3)[nH]c2n1)S(=O)[O-]. The predicted octanol–water partition coefficient (Wildman–Crippen LogP) is 3.66. The highest BCUT2D eigenvalue weighted by Crippen LogP contribution is 2.38. The molecule has 0 aliphatic rings. The largest absolute Gasteiger partial charge is 0.755 e. The molecule has 1 atom stereocenters. The van der Waals surface area contributed by atoms with Gasteiger partial charge < -0.3 is 9.54 Å². The number of anilines is 1. The van der Waals surface area contributed by atoms with Crippen LogP contribution in [0, 0.1) is 5.82 Å². The number of aromatic amines is 1. The van der Waals surface area contributed by atoms with Gasteiger partial charge in [-0.3, -0.25) is 13.5 Å². The molecular weight excluding hydrogens is 367 g/mol. The highest BCUT2D eigenvalue weighted by atomic mass is 32.2. The first kappa shape index (κ1) is 17.3. The zero-order chi connectivity index (χ0) is 19.0. The number of pyridine rings is 2. The summed E-state index contributed by atoms with van der Waals surface area (Å²) in [5.41, 5.74) is 3.92. The molecule has 27 heavy (non-hydrogen) atoms. The van der Waals surface area contributed by atoms with E-state index in [0.29, 0.717) is 11.5 Å². The number of hydrogen-bond acceptors (Lipinski definition) is 4. The van der Waals surface area contributed by atoms with E-state index in [4.69, 9.17) is 0 Å². The molecule has 0 amide bonds. The fourth-order valence-electron chi connectivity index (χ4n) is 2.96. The molecule has 0 bridgehead atoms. The molecular formula is C19H14FN4O2S-. The Hall–Kier alpha value is -3.10. The van der Waals surface area contributed by atoms with E-state index in [2.05, 4.69) is 15.0 Å². The molecule has 1 N–H and O–H groups in total. The highest BCUT2D eigenvalue weighted by Gasteiger charge is 2.17. The summed E-state index contributed by atoms with van der Waals surface area (Å²) in [6.45, 7) is 0. The maximum Gasteiger partial charge on any atom is 0.141 e. The third-order valence-electron chi connectivity index (χ3n) is 4.29. The van der Waals surface area contributed by atoms with Crippen molar-refractivity contribution in [2.45, 2.75) is 0 Å². The Morgan fingerprint density at radius 2 is 1.74 bits per heavy atom.